The number of hydrogen-bond donors (Lipinski definition) is 2. The lowest BCUT2D eigenvalue weighted by atomic mass is 10.0. The van der Waals surface area contributed by atoms with E-state index in [0.29, 0.717) is 5.92 Å². The number of benzene rings is 2. The third-order valence-electron chi connectivity index (χ3n) is 3.59. The number of nitrogens with one attached hydrogen (secondary N) is 2. The molecule has 3 rings (SSSR count). The second-order valence-corrected chi connectivity index (χ2v) is 5.24. The Kier molecular flexibility index (Phi) is 3.77. The van der Waals surface area contributed by atoms with E-state index in [4.69, 9.17) is 4.74 Å². The van der Waals surface area contributed by atoms with Crippen LogP contribution in [0.4, 0.5) is 11.4 Å². The fourth-order valence-electron chi connectivity index (χ4n) is 2.36. The highest BCUT2D eigenvalue weighted by molar-refractivity contribution is 5.96. The fraction of sp³-hybridized carbons (Fsp3) is 0.235. The molecule has 108 valence electrons. The average molecular weight is 282 g/mol. The monoisotopic (exact) mass is 282 g/mol. The summed E-state index contributed by atoms with van der Waals surface area (Å²) in [5, 5.41) is 6.22. The number of carbonyl (C=O) groups excluding carboxylic acids is 1. The number of rotatable bonds is 4. The minimum Gasteiger partial charge on any atom is -0.482 e. The predicted molar refractivity (Wildman–Crippen MR) is 83.9 cm³/mol. The zero-order chi connectivity index (χ0) is 14.7. The van der Waals surface area contributed by atoms with Crippen LogP contribution < -0.4 is 15.4 Å². The van der Waals surface area contributed by atoms with Crippen LogP contribution in [-0.2, 0) is 4.79 Å². The first-order valence-electron chi connectivity index (χ1n) is 7.08. The topological polar surface area (TPSA) is 50.4 Å². The highest BCUT2D eigenvalue weighted by Crippen LogP contribution is 2.30. The first-order chi connectivity index (χ1) is 10.2. The van der Waals surface area contributed by atoms with Crippen LogP contribution in [0.3, 0.4) is 0 Å². The van der Waals surface area contributed by atoms with Crippen LogP contribution in [0.25, 0.3) is 0 Å². The van der Waals surface area contributed by atoms with Gasteiger partial charge in [0.15, 0.2) is 6.61 Å². The van der Waals surface area contributed by atoms with Crippen LogP contribution in [0.1, 0.15) is 18.4 Å². The SMILES string of the molecule is CC(CNc1ccc2c(c1)NC(=O)CO2)c1ccccc1. The number of amides is 1. The smallest absolute Gasteiger partial charge is 0.262 e. The summed E-state index contributed by atoms with van der Waals surface area (Å²) in [6.45, 7) is 3.11. The first-order valence-corrected chi connectivity index (χ1v) is 7.08. The average Bonchev–Trinajstić information content (AvgIpc) is 2.53. The Morgan fingerprint density at radius 3 is 2.86 bits per heavy atom. The summed E-state index contributed by atoms with van der Waals surface area (Å²) in [5.74, 6) is 1.02. The van der Waals surface area contributed by atoms with Gasteiger partial charge >= 0.3 is 0 Å². The normalized spacial score (nSPS) is 14.6. The van der Waals surface area contributed by atoms with Gasteiger partial charge in [0, 0.05) is 12.2 Å². The molecule has 1 amide bonds. The maximum Gasteiger partial charge on any atom is 0.262 e. The molecule has 0 bridgehead atoms. The Morgan fingerprint density at radius 2 is 2.05 bits per heavy atom. The largest absolute Gasteiger partial charge is 0.482 e. The van der Waals surface area contributed by atoms with Gasteiger partial charge in [-0.1, -0.05) is 37.3 Å². The summed E-state index contributed by atoms with van der Waals surface area (Å²) in [6, 6.07) is 16.1. The van der Waals surface area contributed by atoms with E-state index in [1.165, 1.54) is 5.56 Å². The highest BCUT2D eigenvalue weighted by atomic mass is 16.5. The summed E-state index contributed by atoms with van der Waals surface area (Å²) in [4.78, 5) is 11.3. The zero-order valence-electron chi connectivity index (χ0n) is 11.9. The van der Waals surface area contributed by atoms with Crippen LogP contribution in [0.15, 0.2) is 48.5 Å². The maximum atomic E-state index is 11.3. The lowest BCUT2D eigenvalue weighted by molar-refractivity contribution is -0.118. The van der Waals surface area contributed by atoms with Gasteiger partial charge in [-0.2, -0.15) is 0 Å². The van der Waals surface area contributed by atoms with Crippen LogP contribution in [0, 0.1) is 0 Å². The fourth-order valence-corrected chi connectivity index (χ4v) is 2.36. The molecule has 0 aliphatic carbocycles. The molecular formula is C17H18N2O2. The van der Waals surface area contributed by atoms with Crippen molar-refractivity contribution in [3.63, 3.8) is 0 Å². The lowest BCUT2D eigenvalue weighted by Gasteiger charge is -2.19. The predicted octanol–water partition coefficient (Wildman–Crippen LogP) is 3.23. The standard InChI is InChI=1S/C17H18N2O2/c1-12(13-5-3-2-4-6-13)10-18-14-7-8-16-15(9-14)19-17(20)11-21-16/h2-9,12,18H,10-11H2,1H3,(H,19,20). The molecule has 2 aromatic carbocycles. The molecule has 0 saturated heterocycles. The quantitative estimate of drug-likeness (QED) is 0.905. The third kappa shape index (κ3) is 3.16. The summed E-state index contributed by atoms with van der Waals surface area (Å²) in [5.41, 5.74) is 3.01. The van der Waals surface area contributed by atoms with Crippen molar-refractivity contribution in [2.24, 2.45) is 0 Å². The summed E-state index contributed by atoms with van der Waals surface area (Å²) < 4.78 is 5.35. The van der Waals surface area contributed by atoms with E-state index in [9.17, 15) is 4.79 Å². The van der Waals surface area contributed by atoms with Crippen LogP contribution in [0.2, 0.25) is 0 Å². The molecular weight excluding hydrogens is 264 g/mol. The molecule has 0 spiro atoms. The van der Waals surface area contributed by atoms with E-state index < -0.39 is 0 Å². The molecule has 2 aromatic rings. The van der Waals surface area contributed by atoms with E-state index in [2.05, 4.69) is 41.8 Å². The molecule has 1 aliphatic rings. The molecule has 4 heteroatoms. The molecule has 1 heterocycles. The van der Waals surface area contributed by atoms with Crippen molar-refractivity contribution in [1.82, 2.24) is 0 Å². The Balaban J connectivity index is 1.66. The second kappa shape index (κ2) is 5.87. The number of carbonyl (C=O) groups is 1. The molecule has 0 saturated carbocycles. The number of hydrogen-bond acceptors (Lipinski definition) is 3. The number of ether oxygens (including phenoxy) is 1. The van der Waals surface area contributed by atoms with Gasteiger partial charge in [0.1, 0.15) is 5.75 Å². The molecule has 2 N–H and O–H groups in total. The van der Waals surface area contributed by atoms with E-state index >= 15 is 0 Å². The molecule has 1 aliphatic heterocycles. The molecule has 21 heavy (non-hydrogen) atoms. The Hall–Kier alpha value is -2.49. The minimum absolute atomic E-state index is 0.0881. The number of anilines is 2. The van der Waals surface area contributed by atoms with Gasteiger partial charge in [0.2, 0.25) is 0 Å². The molecule has 0 aromatic heterocycles. The highest BCUT2D eigenvalue weighted by Gasteiger charge is 2.16. The zero-order valence-corrected chi connectivity index (χ0v) is 11.9. The van der Waals surface area contributed by atoms with Crippen molar-refractivity contribution < 1.29 is 9.53 Å². The van der Waals surface area contributed by atoms with Crippen molar-refractivity contribution in [1.29, 1.82) is 0 Å². The van der Waals surface area contributed by atoms with E-state index in [1.807, 2.05) is 24.3 Å². The molecule has 0 fully saturated rings. The maximum absolute atomic E-state index is 11.3. The lowest BCUT2D eigenvalue weighted by Crippen LogP contribution is -2.25. The Morgan fingerprint density at radius 1 is 1.24 bits per heavy atom. The van der Waals surface area contributed by atoms with Crippen molar-refractivity contribution in [2.75, 3.05) is 23.8 Å². The van der Waals surface area contributed by atoms with Gasteiger partial charge in [-0.3, -0.25) is 4.79 Å². The first kappa shape index (κ1) is 13.5. The van der Waals surface area contributed by atoms with Crippen molar-refractivity contribution in [3.05, 3.63) is 54.1 Å². The van der Waals surface area contributed by atoms with Gasteiger partial charge in [0.05, 0.1) is 5.69 Å². The van der Waals surface area contributed by atoms with E-state index in [1.54, 1.807) is 0 Å². The molecule has 4 nitrogen and oxygen atoms in total. The van der Waals surface area contributed by atoms with Gasteiger partial charge in [-0.15, -0.1) is 0 Å². The van der Waals surface area contributed by atoms with Crippen LogP contribution in [0.5, 0.6) is 5.75 Å². The summed E-state index contributed by atoms with van der Waals surface area (Å²) in [6.07, 6.45) is 0. The Labute approximate surface area is 124 Å². The van der Waals surface area contributed by atoms with Gasteiger partial charge in [-0.25, -0.2) is 0 Å². The second-order valence-electron chi connectivity index (χ2n) is 5.24. The third-order valence-corrected chi connectivity index (χ3v) is 3.59. The van der Waals surface area contributed by atoms with Crippen LogP contribution in [-0.4, -0.2) is 19.1 Å². The number of fused-ring (bicyclic) bond motifs is 1. The van der Waals surface area contributed by atoms with Gasteiger partial charge in [0.25, 0.3) is 5.91 Å². The summed E-state index contributed by atoms with van der Waals surface area (Å²) >= 11 is 0. The molecule has 1 atom stereocenters. The molecule has 0 radical (unpaired) electrons. The minimum atomic E-state index is -0.114. The van der Waals surface area contributed by atoms with E-state index in [-0.39, 0.29) is 12.5 Å². The van der Waals surface area contributed by atoms with Gasteiger partial charge < -0.3 is 15.4 Å². The molecule has 1 unspecified atom stereocenters. The van der Waals surface area contributed by atoms with E-state index in [0.717, 1.165) is 23.7 Å². The van der Waals surface area contributed by atoms with Crippen LogP contribution >= 0.6 is 0 Å². The van der Waals surface area contributed by atoms with Gasteiger partial charge in [-0.05, 0) is 29.7 Å². The summed E-state index contributed by atoms with van der Waals surface area (Å²) in [7, 11) is 0. The van der Waals surface area contributed by atoms with Crippen molar-refractivity contribution in [2.45, 2.75) is 12.8 Å². The van der Waals surface area contributed by atoms with Crippen molar-refractivity contribution in [3.8, 4) is 5.75 Å². The Bertz CT molecular complexity index is 640. The van der Waals surface area contributed by atoms with Crippen molar-refractivity contribution >= 4 is 17.3 Å².